The van der Waals surface area contributed by atoms with Crippen LogP contribution in [0.1, 0.15) is 15.9 Å². The van der Waals surface area contributed by atoms with Gasteiger partial charge in [-0.25, -0.2) is 12.8 Å². The number of nitrogens with two attached hydrogens (primary N) is 1. The Morgan fingerprint density at radius 3 is 2.44 bits per heavy atom. The van der Waals surface area contributed by atoms with Crippen molar-refractivity contribution in [2.24, 2.45) is 5.73 Å². The summed E-state index contributed by atoms with van der Waals surface area (Å²) in [6, 6.07) is 10.2. The van der Waals surface area contributed by atoms with Gasteiger partial charge >= 0.3 is 0 Å². The summed E-state index contributed by atoms with van der Waals surface area (Å²) in [7, 11) is -4.01. The zero-order chi connectivity index (χ0) is 19.4. The summed E-state index contributed by atoms with van der Waals surface area (Å²) < 4.78 is 45.9. The summed E-state index contributed by atoms with van der Waals surface area (Å²) in [5.41, 5.74) is 6.98. The number of sulfonamides is 1. The first kappa shape index (κ1) is 19.4. The summed E-state index contributed by atoms with van der Waals surface area (Å²) >= 11 is 0. The van der Waals surface area contributed by atoms with Crippen LogP contribution in [0.4, 0.5) is 10.1 Å². The Morgan fingerprint density at radius 1 is 1.15 bits per heavy atom. The Hall–Kier alpha value is -2.33. The van der Waals surface area contributed by atoms with Gasteiger partial charge in [-0.3, -0.25) is 4.79 Å². The number of ether oxygens (including phenoxy) is 1. The zero-order valence-corrected chi connectivity index (χ0v) is 15.3. The molecular weight excluding hydrogens is 373 g/mol. The molecule has 0 aromatic heterocycles. The van der Waals surface area contributed by atoms with Gasteiger partial charge in [-0.1, -0.05) is 12.1 Å². The van der Waals surface area contributed by atoms with E-state index in [9.17, 15) is 17.6 Å². The molecule has 1 heterocycles. The van der Waals surface area contributed by atoms with Crippen LogP contribution in [0.2, 0.25) is 0 Å². The summed E-state index contributed by atoms with van der Waals surface area (Å²) in [5, 5.41) is 2.59. The fourth-order valence-corrected chi connectivity index (χ4v) is 4.20. The van der Waals surface area contributed by atoms with Crippen LogP contribution in [0, 0.1) is 5.82 Å². The van der Waals surface area contributed by atoms with Crippen molar-refractivity contribution in [3.05, 3.63) is 59.4 Å². The molecule has 0 saturated carbocycles. The van der Waals surface area contributed by atoms with Gasteiger partial charge < -0.3 is 15.8 Å². The van der Waals surface area contributed by atoms with Crippen molar-refractivity contribution in [1.82, 2.24) is 4.31 Å². The summed E-state index contributed by atoms with van der Waals surface area (Å²) in [5.74, 6) is -1.30. The van der Waals surface area contributed by atoms with Crippen LogP contribution in [-0.2, 0) is 21.3 Å². The third-order valence-corrected chi connectivity index (χ3v) is 6.14. The lowest BCUT2D eigenvalue weighted by Gasteiger charge is -2.26. The molecule has 1 aliphatic heterocycles. The largest absolute Gasteiger partial charge is 0.379 e. The van der Waals surface area contributed by atoms with Crippen molar-refractivity contribution >= 4 is 21.6 Å². The molecule has 27 heavy (non-hydrogen) atoms. The third kappa shape index (κ3) is 4.33. The fourth-order valence-electron chi connectivity index (χ4n) is 2.70. The number of halogens is 1. The predicted octanol–water partition coefficient (Wildman–Crippen LogP) is 1.56. The van der Waals surface area contributed by atoms with Crippen molar-refractivity contribution in [2.75, 3.05) is 31.6 Å². The Balaban J connectivity index is 1.83. The number of benzene rings is 2. The van der Waals surface area contributed by atoms with Crippen molar-refractivity contribution in [3.8, 4) is 0 Å². The number of anilines is 1. The van der Waals surface area contributed by atoms with Crippen LogP contribution in [0.25, 0.3) is 0 Å². The first-order valence-corrected chi connectivity index (χ1v) is 9.83. The molecule has 3 rings (SSSR count). The van der Waals surface area contributed by atoms with Gasteiger partial charge in [0.2, 0.25) is 10.0 Å². The second-order valence-corrected chi connectivity index (χ2v) is 7.92. The van der Waals surface area contributed by atoms with Gasteiger partial charge in [-0.2, -0.15) is 4.31 Å². The van der Waals surface area contributed by atoms with E-state index in [1.54, 1.807) is 24.3 Å². The molecule has 0 aliphatic carbocycles. The lowest BCUT2D eigenvalue weighted by Crippen LogP contribution is -2.40. The second-order valence-electron chi connectivity index (χ2n) is 6.02. The highest BCUT2D eigenvalue weighted by atomic mass is 32.2. The summed E-state index contributed by atoms with van der Waals surface area (Å²) in [6.45, 7) is 1.20. The Morgan fingerprint density at radius 2 is 1.81 bits per heavy atom. The van der Waals surface area contributed by atoms with Gasteiger partial charge in [-0.15, -0.1) is 0 Å². The standard InChI is InChI=1S/C18H20FN3O4S/c19-16-6-5-15(21-18(23)14-3-1-13(12-20)2-4-14)11-17(16)27(24,25)22-7-9-26-10-8-22/h1-6,11H,7-10,12,20H2,(H,21,23). The molecule has 2 aromatic rings. The Labute approximate surface area is 157 Å². The maximum atomic E-state index is 14.2. The van der Waals surface area contributed by atoms with E-state index in [1.165, 1.54) is 10.4 Å². The zero-order valence-electron chi connectivity index (χ0n) is 14.5. The number of nitrogens with zero attached hydrogens (tertiary/aromatic N) is 1. The first-order valence-electron chi connectivity index (χ1n) is 8.39. The molecule has 1 amide bonds. The monoisotopic (exact) mass is 393 g/mol. The molecule has 0 spiro atoms. The molecule has 144 valence electrons. The van der Waals surface area contributed by atoms with Gasteiger partial charge in [-0.05, 0) is 35.9 Å². The lowest BCUT2D eigenvalue weighted by molar-refractivity contribution is 0.0729. The van der Waals surface area contributed by atoms with E-state index >= 15 is 0 Å². The highest BCUT2D eigenvalue weighted by Gasteiger charge is 2.29. The minimum absolute atomic E-state index is 0.159. The van der Waals surface area contributed by atoms with Crippen molar-refractivity contribution in [3.63, 3.8) is 0 Å². The van der Waals surface area contributed by atoms with Gasteiger partial charge in [0.15, 0.2) is 0 Å². The van der Waals surface area contributed by atoms with Crippen molar-refractivity contribution in [1.29, 1.82) is 0 Å². The molecule has 2 aromatic carbocycles. The van der Waals surface area contributed by atoms with E-state index < -0.39 is 26.6 Å². The van der Waals surface area contributed by atoms with Crippen LogP contribution in [0.15, 0.2) is 47.4 Å². The smallest absolute Gasteiger partial charge is 0.255 e. The Bertz CT molecular complexity index is 926. The summed E-state index contributed by atoms with van der Waals surface area (Å²) in [4.78, 5) is 11.9. The normalized spacial score (nSPS) is 15.5. The minimum atomic E-state index is -4.01. The molecule has 7 nitrogen and oxygen atoms in total. The number of hydrogen-bond acceptors (Lipinski definition) is 5. The minimum Gasteiger partial charge on any atom is -0.379 e. The van der Waals surface area contributed by atoms with Crippen molar-refractivity contribution in [2.45, 2.75) is 11.4 Å². The number of hydrogen-bond donors (Lipinski definition) is 2. The molecule has 1 aliphatic rings. The van der Waals surface area contributed by atoms with Crippen LogP contribution in [-0.4, -0.2) is 44.9 Å². The molecule has 3 N–H and O–H groups in total. The van der Waals surface area contributed by atoms with E-state index in [2.05, 4.69) is 5.32 Å². The maximum absolute atomic E-state index is 14.2. The number of amides is 1. The summed E-state index contributed by atoms with van der Waals surface area (Å²) in [6.07, 6.45) is 0. The third-order valence-electron chi connectivity index (χ3n) is 4.23. The number of rotatable bonds is 5. The number of morpholine rings is 1. The van der Waals surface area contributed by atoms with Crippen LogP contribution >= 0.6 is 0 Å². The number of carbonyl (C=O) groups excluding carboxylic acids is 1. The van der Waals surface area contributed by atoms with Gasteiger partial charge in [0.25, 0.3) is 5.91 Å². The number of nitrogens with one attached hydrogen (secondary N) is 1. The number of carbonyl (C=O) groups is 1. The average Bonchev–Trinajstić information content (AvgIpc) is 2.70. The topological polar surface area (TPSA) is 102 Å². The Kier molecular flexibility index (Phi) is 5.85. The van der Waals surface area contributed by atoms with Crippen LogP contribution in [0.3, 0.4) is 0 Å². The van der Waals surface area contributed by atoms with E-state index in [4.69, 9.17) is 10.5 Å². The van der Waals surface area contributed by atoms with Crippen LogP contribution < -0.4 is 11.1 Å². The van der Waals surface area contributed by atoms with Crippen molar-refractivity contribution < 1.29 is 22.3 Å². The molecule has 0 unspecified atom stereocenters. The van der Waals surface area contributed by atoms with Gasteiger partial charge in [0, 0.05) is 30.9 Å². The quantitative estimate of drug-likeness (QED) is 0.803. The highest BCUT2D eigenvalue weighted by molar-refractivity contribution is 7.89. The van der Waals surface area contributed by atoms with E-state index in [-0.39, 0.29) is 32.0 Å². The highest BCUT2D eigenvalue weighted by Crippen LogP contribution is 2.24. The first-order chi connectivity index (χ1) is 12.9. The molecule has 0 radical (unpaired) electrons. The average molecular weight is 393 g/mol. The molecular formula is C18H20FN3O4S. The van der Waals surface area contributed by atoms with Crippen LogP contribution in [0.5, 0.6) is 0 Å². The maximum Gasteiger partial charge on any atom is 0.255 e. The van der Waals surface area contributed by atoms with Gasteiger partial charge in [0.1, 0.15) is 10.7 Å². The van der Waals surface area contributed by atoms with E-state index in [0.717, 1.165) is 17.7 Å². The van der Waals surface area contributed by atoms with Gasteiger partial charge in [0.05, 0.1) is 13.2 Å². The SMILES string of the molecule is NCc1ccc(C(=O)Nc2ccc(F)c(S(=O)(=O)N3CCOCC3)c2)cc1. The fraction of sp³-hybridized carbons (Fsp3) is 0.278. The molecule has 9 heteroatoms. The van der Waals surface area contributed by atoms with E-state index in [1.807, 2.05) is 0 Å². The second kappa shape index (κ2) is 8.13. The molecule has 1 fully saturated rings. The van der Waals surface area contributed by atoms with E-state index in [0.29, 0.717) is 12.1 Å². The predicted molar refractivity (Wildman–Crippen MR) is 98.3 cm³/mol. The lowest BCUT2D eigenvalue weighted by atomic mass is 10.1. The molecule has 0 atom stereocenters. The molecule has 0 bridgehead atoms. The molecule has 1 saturated heterocycles.